The minimum atomic E-state index is -3.34. The van der Waals surface area contributed by atoms with Gasteiger partial charge in [0, 0.05) is 12.2 Å². The topological polar surface area (TPSA) is 51.2 Å². The van der Waals surface area contributed by atoms with Gasteiger partial charge < -0.3 is 0 Å². The Bertz CT molecular complexity index is 385. The van der Waals surface area contributed by atoms with Crippen molar-refractivity contribution in [2.24, 2.45) is 17.8 Å². The smallest absolute Gasteiger partial charge is 0.159 e. The first-order valence-electron chi connectivity index (χ1n) is 6.29. The number of rotatable bonds is 3. The minimum absolute atomic E-state index is 0.0847. The van der Waals surface area contributed by atoms with Crippen molar-refractivity contribution < 1.29 is 13.2 Å². The zero-order valence-electron chi connectivity index (χ0n) is 11.5. The van der Waals surface area contributed by atoms with Crippen molar-refractivity contribution in [3.8, 4) is 0 Å². The summed E-state index contributed by atoms with van der Waals surface area (Å²) in [6.45, 7) is 7.36. The Labute approximate surface area is 105 Å². The molecule has 1 fully saturated rings. The van der Waals surface area contributed by atoms with Crippen molar-refractivity contribution in [3.05, 3.63) is 0 Å². The summed E-state index contributed by atoms with van der Waals surface area (Å²) in [5.41, 5.74) is 0. The van der Waals surface area contributed by atoms with Crippen LogP contribution in [0.1, 0.15) is 47.0 Å². The summed E-state index contributed by atoms with van der Waals surface area (Å²) < 4.78 is 22.1. The third kappa shape index (κ3) is 3.09. The van der Waals surface area contributed by atoms with Crippen molar-refractivity contribution in [3.63, 3.8) is 0 Å². The molecule has 2 unspecified atom stereocenters. The molecule has 0 aliphatic heterocycles. The molecule has 0 spiro atoms. The Hall–Kier alpha value is -0.380. The Balaban J connectivity index is 2.90. The number of sulfone groups is 1. The number of ketones is 1. The third-order valence-electron chi connectivity index (χ3n) is 4.07. The molecule has 2 atom stereocenters. The maximum absolute atomic E-state index is 12.4. The minimum Gasteiger partial charge on any atom is -0.298 e. The molecule has 0 aromatic rings. The lowest BCUT2D eigenvalue weighted by molar-refractivity contribution is -0.126. The van der Waals surface area contributed by atoms with Crippen LogP contribution in [0.5, 0.6) is 0 Å². The fourth-order valence-electron chi connectivity index (χ4n) is 2.84. The lowest BCUT2D eigenvalue weighted by Gasteiger charge is -2.34. The van der Waals surface area contributed by atoms with Gasteiger partial charge in [-0.15, -0.1) is 0 Å². The molecule has 0 saturated heterocycles. The van der Waals surface area contributed by atoms with Crippen LogP contribution in [0.25, 0.3) is 0 Å². The average molecular weight is 260 g/mol. The molecule has 100 valence electrons. The third-order valence-corrected chi connectivity index (χ3v) is 6.12. The molecule has 0 heterocycles. The van der Waals surface area contributed by atoms with Crippen LogP contribution in [0, 0.1) is 17.8 Å². The van der Waals surface area contributed by atoms with Crippen LogP contribution in [0.3, 0.4) is 0 Å². The van der Waals surface area contributed by atoms with Gasteiger partial charge in [0.1, 0.15) is 4.75 Å². The SMILES string of the molecule is CC1CC(C)CC(C(=O)C(C)(C)S(C)(=O)=O)C1. The summed E-state index contributed by atoms with van der Waals surface area (Å²) in [6, 6.07) is 0. The lowest BCUT2D eigenvalue weighted by Crippen LogP contribution is -2.45. The van der Waals surface area contributed by atoms with Crippen LogP contribution in [0.4, 0.5) is 0 Å². The Kier molecular flexibility index (Phi) is 4.07. The van der Waals surface area contributed by atoms with Crippen LogP contribution < -0.4 is 0 Å². The van der Waals surface area contributed by atoms with Crippen molar-refractivity contribution in [2.45, 2.75) is 51.7 Å². The number of Topliss-reactive ketones (excluding diaryl/α,β-unsaturated/α-hetero) is 1. The Morgan fingerprint density at radius 1 is 1.06 bits per heavy atom. The summed E-state index contributed by atoms with van der Waals surface area (Å²) in [4.78, 5) is 12.4. The average Bonchev–Trinajstić information content (AvgIpc) is 2.13. The summed E-state index contributed by atoms with van der Waals surface area (Å²) in [5, 5.41) is 0. The van der Waals surface area contributed by atoms with E-state index in [0.717, 1.165) is 25.5 Å². The lowest BCUT2D eigenvalue weighted by atomic mass is 9.73. The van der Waals surface area contributed by atoms with Crippen molar-refractivity contribution in [1.29, 1.82) is 0 Å². The van der Waals surface area contributed by atoms with E-state index in [4.69, 9.17) is 0 Å². The molecule has 1 aliphatic carbocycles. The monoisotopic (exact) mass is 260 g/mol. The molecule has 0 aromatic heterocycles. The fourth-order valence-corrected chi connectivity index (χ4v) is 3.37. The Morgan fingerprint density at radius 3 is 1.82 bits per heavy atom. The van der Waals surface area contributed by atoms with E-state index in [9.17, 15) is 13.2 Å². The predicted octanol–water partition coefficient (Wildman–Crippen LogP) is 2.45. The van der Waals surface area contributed by atoms with Crippen LogP contribution in [0.2, 0.25) is 0 Å². The van der Waals surface area contributed by atoms with Gasteiger partial charge in [-0.25, -0.2) is 8.42 Å². The molecule has 1 saturated carbocycles. The Morgan fingerprint density at radius 2 is 1.47 bits per heavy atom. The molecular weight excluding hydrogens is 236 g/mol. The molecule has 4 heteroatoms. The van der Waals surface area contributed by atoms with Gasteiger partial charge >= 0.3 is 0 Å². The molecule has 3 nitrogen and oxygen atoms in total. The highest BCUT2D eigenvalue weighted by atomic mass is 32.2. The molecule has 0 bridgehead atoms. The van der Waals surface area contributed by atoms with E-state index in [1.54, 1.807) is 0 Å². The highest BCUT2D eigenvalue weighted by Crippen LogP contribution is 2.36. The first kappa shape index (κ1) is 14.7. The normalized spacial score (nSPS) is 31.2. The highest BCUT2D eigenvalue weighted by molar-refractivity contribution is 7.92. The van der Waals surface area contributed by atoms with E-state index < -0.39 is 14.6 Å². The van der Waals surface area contributed by atoms with Gasteiger partial charge in [0.15, 0.2) is 15.6 Å². The number of carbonyl (C=O) groups is 1. The van der Waals surface area contributed by atoms with Crippen LogP contribution in [0.15, 0.2) is 0 Å². The number of hydrogen-bond acceptors (Lipinski definition) is 3. The van der Waals surface area contributed by atoms with E-state index in [1.807, 2.05) is 0 Å². The van der Waals surface area contributed by atoms with Crippen molar-refractivity contribution in [1.82, 2.24) is 0 Å². The second-order valence-corrected chi connectivity index (χ2v) is 8.83. The van der Waals surface area contributed by atoms with E-state index in [2.05, 4.69) is 13.8 Å². The zero-order chi connectivity index (χ0) is 13.4. The van der Waals surface area contributed by atoms with E-state index in [0.29, 0.717) is 11.8 Å². The highest BCUT2D eigenvalue weighted by Gasteiger charge is 2.43. The molecule has 1 aliphatic rings. The second kappa shape index (κ2) is 4.71. The summed E-state index contributed by atoms with van der Waals surface area (Å²) in [7, 11) is -3.34. The summed E-state index contributed by atoms with van der Waals surface area (Å²) in [6.07, 6.45) is 3.97. The molecule has 1 rings (SSSR count). The zero-order valence-corrected chi connectivity index (χ0v) is 12.3. The van der Waals surface area contributed by atoms with Gasteiger partial charge in [0.2, 0.25) is 0 Å². The molecule has 0 aromatic carbocycles. The van der Waals surface area contributed by atoms with Gasteiger partial charge in [0.05, 0.1) is 0 Å². The predicted molar refractivity (Wildman–Crippen MR) is 69.6 cm³/mol. The van der Waals surface area contributed by atoms with Crippen LogP contribution in [-0.4, -0.2) is 25.2 Å². The van der Waals surface area contributed by atoms with Crippen molar-refractivity contribution in [2.75, 3.05) is 6.26 Å². The van der Waals surface area contributed by atoms with Gasteiger partial charge in [-0.3, -0.25) is 4.79 Å². The molecule has 0 N–H and O–H groups in total. The molecule has 17 heavy (non-hydrogen) atoms. The second-order valence-electron chi connectivity index (χ2n) is 6.26. The van der Waals surface area contributed by atoms with Crippen molar-refractivity contribution >= 4 is 15.6 Å². The van der Waals surface area contributed by atoms with Crippen LogP contribution in [-0.2, 0) is 14.6 Å². The molecule has 0 amide bonds. The maximum atomic E-state index is 12.4. The maximum Gasteiger partial charge on any atom is 0.159 e. The molecule has 0 radical (unpaired) electrons. The quantitative estimate of drug-likeness (QED) is 0.783. The largest absolute Gasteiger partial charge is 0.298 e. The summed E-state index contributed by atoms with van der Waals surface area (Å²) in [5.74, 6) is 0.850. The van der Waals surface area contributed by atoms with Crippen LogP contribution >= 0.6 is 0 Å². The number of carbonyl (C=O) groups excluding carboxylic acids is 1. The van der Waals surface area contributed by atoms with E-state index in [-0.39, 0.29) is 11.7 Å². The van der Waals surface area contributed by atoms with Gasteiger partial charge in [-0.05, 0) is 44.9 Å². The molecular formula is C13H24O3S. The van der Waals surface area contributed by atoms with E-state index in [1.165, 1.54) is 13.8 Å². The van der Waals surface area contributed by atoms with Gasteiger partial charge in [0.25, 0.3) is 0 Å². The van der Waals surface area contributed by atoms with E-state index >= 15 is 0 Å². The fraction of sp³-hybridized carbons (Fsp3) is 0.923. The van der Waals surface area contributed by atoms with Gasteiger partial charge in [-0.1, -0.05) is 13.8 Å². The first-order valence-corrected chi connectivity index (χ1v) is 8.18. The first-order chi connectivity index (χ1) is 7.55. The van der Waals surface area contributed by atoms with Gasteiger partial charge in [-0.2, -0.15) is 0 Å². The summed E-state index contributed by atoms with van der Waals surface area (Å²) >= 11 is 0. The number of hydrogen-bond donors (Lipinski definition) is 0. The standard InChI is InChI=1S/C13H24O3S/c1-9-6-10(2)8-11(7-9)12(14)13(3,4)17(5,15)16/h9-11H,6-8H2,1-5H3.